The predicted octanol–water partition coefficient (Wildman–Crippen LogP) is 3.29. The van der Waals surface area contributed by atoms with Crippen LogP contribution >= 0.6 is 24.2 Å². The van der Waals surface area contributed by atoms with Gasteiger partial charge in [-0.1, -0.05) is 18.2 Å². The van der Waals surface area contributed by atoms with Gasteiger partial charge >= 0.3 is 0 Å². The van der Waals surface area contributed by atoms with Crippen molar-refractivity contribution in [2.75, 3.05) is 0 Å². The molecule has 0 aromatic carbocycles. The predicted molar refractivity (Wildman–Crippen MR) is 59.4 cm³/mol. The van der Waals surface area contributed by atoms with E-state index < -0.39 is 5.54 Å². The van der Waals surface area contributed by atoms with Gasteiger partial charge in [-0.15, -0.1) is 17.5 Å². The Morgan fingerprint density at radius 1 is 1.62 bits per heavy atom. The second-order valence-electron chi connectivity index (χ2n) is 3.49. The van der Waals surface area contributed by atoms with Gasteiger partial charge in [0.2, 0.25) is 0 Å². The molecule has 0 aromatic rings. The van der Waals surface area contributed by atoms with E-state index in [0.717, 1.165) is 0 Å². The van der Waals surface area contributed by atoms with E-state index in [0.29, 0.717) is 10.7 Å². The number of hydrogen-bond acceptors (Lipinski definition) is 3. The number of allylic oxidation sites excluding steroid dienone is 1. The highest BCUT2D eigenvalue weighted by molar-refractivity contribution is 7.83. The summed E-state index contributed by atoms with van der Waals surface area (Å²) in [6, 6.07) is 0. The molecular weight excluding hydrogens is 208 g/mol. The number of thiol groups is 1. The molecule has 0 radical (unpaired) electrons. The van der Waals surface area contributed by atoms with Crippen molar-refractivity contribution in [1.82, 2.24) is 5.01 Å². The van der Waals surface area contributed by atoms with E-state index in [9.17, 15) is 4.91 Å². The smallest absolute Gasteiger partial charge is 0.0752 e. The maximum absolute atomic E-state index is 10.5. The molecule has 0 amide bonds. The van der Waals surface area contributed by atoms with Crippen LogP contribution in [0.25, 0.3) is 0 Å². The van der Waals surface area contributed by atoms with Crippen molar-refractivity contribution < 1.29 is 0 Å². The summed E-state index contributed by atoms with van der Waals surface area (Å²) >= 11 is 9.60. The molecule has 13 heavy (non-hydrogen) atoms. The second kappa shape index (κ2) is 4.67. The van der Waals surface area contributed by atoms with Crippen LogP contribution in [-0.2, 0) is 0 Å². The minimum Gasteiger partial charge on any atom is -0.223 e. The summed E-state index contributed by atoms with van der Waals surface area (Å²) in [5.41, 5.74) is -0.0883. The maximum atomic E-state index is 10.5. The Bertz CT molecular complexity index is 245. The van der Waals surface area contributed by atoms with Crippen LogP contribution in [0.5, 0.6) is 0 Å². The molecule has 0 N–H and O–H groups in total. The summed E-state index contributed by atoms with van der Waals surface area (Å²) in [6.45, 7) is 9.15. The Hall–Kier alpha value is -0.480. The van der Waals surface area contributed by atoms with Crippen molar-refractivity contribution >= 4 is 24.2 Å². The molecule has 0 bridgehead atoms. The Balaban J connectivity index is 4.82. The van der Waals surface area contributed by atoms with Crippen LogP contribution in [0.3, 0.4) is 0 Å². The van der Waals surface area contributed by atoms with Crippen LogP contribution in [0.1, 0.15) is 20.8 Å². The Morgan fingerprint density at radius 3 is 2.31 bits per heavy atom. The zero-order valence-corrected chi connectivity index (χ0v) is 9.56. The van der Waals surface area contributed by atoms with Gasteiger partial charge in [0, 0.05) is 0 Å². The van der Waals surface area contributed by atoms with E-state index in [-0.39, 0.29) is 0 Å². The highest BCUT2D eigenvalue weighted by Crippen LogP contribution is 2.26. The van der Waals surface area contributed by atoms with Gasteiger partial charge in [-0.2, -0.15) is 0 Å². The number of hydrogen-bond donors (Lipinski definition) is 1. The third-order valence-corrected chi connectivity index (χ3v) is 2.10. The van der Waals surface area contributed by atoms with Crippen LogP contribution in [0.2, 0.25) is 0 Å². The highest BCUT2D eigenvalue weighted by Gasteiger charge is 2.24. The van der Waals surface area contributed by atoms with Gasteiger partial charge < -0.3 is 0 Å². The normalized spacial score (nSPS) is 12.5. The highest BCUT2D eigenvalue weighted by atomic mass is 35.5. The van der Waals surface area contributed by atoms with Crippen molar-refractivity contribution in [3.63, 3.8) is 0 Å². The fourth-order valence-corrected chi connectivity index (χ4v) is 0.981. The number of rotatable bonds is 3. The first-order chi connectivity index (χ1) is 5.84. The molecule has 0 spiro atoms. The van der Waals surface area contributed by atoms with Crippen LogP contribution in [0.4, 0.5) is 0 Å². The van der Waals surface area contributed by atoms with Crippen molar-refractivity contribution in [3.05, 3.63) is 27.6 Å². The van der Waals surface area contributed by atoms with E-state index in [4.69, 9.17) is 11.6 Å². The minimum atomic E-state index is -0.435. The van der Waals surface area contributed by atoms with Crippen molar-refractivity contribution in [3.8, 4) is 0 Å². The van der Waals surface area contributed by atoms with Crippen LogP contribution < -0.4 is 0 Å². The standard InChI is InChI=1S/C8H13ClN2OS/c1-6(7(9)5-13)11(10-12)8(2,3)4/h5,13H,1H2,2-4H3/b7-5-. The zero-order valence-electron chi connectivity index (χ0n) is 7.91. The summed E-state index contributed by atoms with van der Waals surface area (Å²) in [7, 11) is 0. The molecule has 0 aliphatic heterocycles. The lowest BCUT2D eigenvalue weighted by molar-refractivity contribution is 0.196. The molecule has 0 saturated heterocycles. The Kier molecular flexibility index (Phi) is 4.50. The molecule has 0 fully saturated rings. The number of nitrogens with zero attached hydrogens (tertiary/aromatic N) is 2. The monoisotopic (exact) mass is 220 g/mol. The number of halogens is 1. The van der Waals surface area contributed by atoms with Gasteiger partial charge in [0.25, 0.3) is 0 Å². The molecule has 5 heteroatoms. The quantitative estimate of drug-likeness (QED) is 0.343. The van der Waals surface area contributed by atoms with Crippen LogP contribution in [-0.4, -0.2) is 10.5 Å². The molecule has 74 valence electrons. The Morgan fingerprint density at radius 2 is 2.08 bits per heavy atom. The van der Waals surface area contributed by atoms with E-state index >= 15 is 0 Å². The molecule has 3 nitrogen and oxygen atoms in total. The number of nitroso groups, excluding NO2 is 1. The van der Waals surface area contributed by atoms with E-state index in [1.807, 2.05) is 20.8 Å². The van der Waals surface area contributed by atoms with Gasteiger partial charge in [0.15, 0.2) is 0 Å². The average Bonchev–Trinajstić information content (AvgIpc) is 2.01. The molecule has 0 atom stereocenters. The summed E-state index contributed by atoms with van der Waals surface area (Å²) in [5, 5.41) is 5.74. The lowest BCUT2D eigenvalue weighted by Crippen LogP contribution is -2.35. The molecule has 0 saturated carbocycles. The topological polar surface area (TPSA) is 32.7 Å². The largest absolute Gasteiger partial charge is 0.223 e. The first-order valence-corrected chi connectivity index (χ1v) is 4.56. The van der Waals surface area contributed by atoms with E-state index in [1.165, 1.54) is 10.4 Å². The average molecular weight is 221 g/mol. The van der Waals surface area contributed by atoms with Crippen molar-refractivity contribution in [1.29, 1.82) is 0 Å². The molecule has 0 aromatic heterocycles. The fourth-order valence-electron chi connectivity index (χ4n) is 0.752. The van der Waals surface area contributed by atoms with E-state index in [1.54, 1.807) is 0 Å². The molecule has 0 rings (SSSR count). The summed E-state index contributed by atoms with van der Waals surface area (Å²) in [4.78, 5) is 10.5. The maximum Gasteiger partial charge on any atom is 0.0752 e. The SMILES string of the molecule is C=C(/C(Cl)=C/S)N(N=O)C(C)(C)C. The van der Waals surface area contributed by atoms with Gasteiger partial charge in [-0.25, -0.2) is 5.01 Å². The van der Waals surface area contributed by atoms with E-state index in [2.05, 4.69) is 24.5 Å². The first kappa shape index (κ1) is 12.5. The van der Waals surface area contributed by atoms with Gasteiger partial charge in [-0.05, 0) is 26.2 Å². The lowest BCUT2D eigenvalue weighted by Gasteiger charge is -2.30. The summed E-state index contributed by atoms with van der Waals surface area (Å²) < 4.78 is 0. The first-order valence-electron chi connectivity index (χ1n) is 3.67. The van der Waals surface area contributed by atoms with Gasteiger partial charge in [0.05, 0.1) is 21.6 Å². The molecular formula is C8H13ClN2OS. The van der Waals surface area contributed by atoms with Gasteiger partial charge in [-0.3, -0.25) is 0 Å². The third-order valence-electron chi connectivity index (χ3n) is 1.36. The van der Waals surface area contributed by atoms with Crippen LogP contribution in [0, 0.1) is 4.91 Å². The summed E-state index contributed by atoms with van der Waals surface area (Å²) in [6.07, 6.45) is 0. The molecule has 0 heterocycles. The molecule has 0 aliphatic carbocycles. The van der Waals surface area contributed by atoms with Crippen molar-refractivity contribution in [2.24, 2.45) is 5.29 Å². The lowest BCUT2D eigenvalue weighted by atomic mass is 10.1. The van der Waals surface area contributed by atoms with Crippen LogP contribution in [0.15, 0.2) is 28.0 Å². The summed E-state index contributed by atoms with van der Waals surface area (Å²) in [5.74, 6) is 0. The molecule has 0 unspecified atom stereocenters. The minimum absolute atomic E-state index is 0.304. The Labute approximate surface area is 88.8 Å². The molecule has 0 aliphatic rings. The zero-order chi connectivity index (χ0) is 10.6. The van der Waals surface area contributed by atoms with Gasteiger partial charge in [0.1, 0.15) is 0 Å². The third kappa shape index (κ3) is 3.40. The second-order valence-corrected chi connectivity index (χ2v) is 4.15. The van der Waals surface area contributed by atoms with Crippen molar-refractivity contribution in [2.45, 2.75) is 26.3 Å². The fraction of sp³-hybridized carbons (Fsp3) is 0.500.